The Labute approximate surface area is 116 Å². The molecule has 1 nitrogen and oxygen atoms in total. The Morgan fingerprint density at radius 3 is 2.71 bits per heavy atom. The highest BCUT2D eigenvalue weighted by atomic mass is 35.5. The Morgan fingerprint density at radius 1 is 1.24 bits per heavy atom. The molecule has 0 spiro atoms. The maximum Gasteiger partial charge on any atom is 0.0519 e. The van der Waals surface area contributed by atoms with Gasteiger partial charge in [0, 0.05) is 28.2 Å². The molecular formula is C13H13Cl2NS. The van der Waals surface area contributed by atoms with E-state index in [1.54, 1.807) is 11.3 Å². The van der Waals surface area contributed by atoms with Gasteiger partial charge in [-0.3, -0.25) is 0 Å². The average molecular weight is 286 g/mol. The predicted molar refractivity (Wildman–Crippen MR) is 77.4 cm³/mol. The summed E-state index contributed by atoms with van der Waals surface area (Å²) in [5.74, 6) is 0.434. The molecule has 17 heavy (non-hydrogen) atoms. The molecule has 1 heterocycles. The van der Waals surface area contributed by atoms with Gasteiger partial charge in [0.15, 0.2) is 0 Å². The molecule has 1 aromatic carbocycles. The first-order chi connectivity index (χ1) is 8.22. The number of rotatable bonds is 4. The maximum atomic E-state index is 6.15. The van der Waals surface area contributed by atoms with E-state index in [0.29, 0.717) is 5.88 Å². The van der Waals surface area contributed by atoms with Gasteiger partial charge in [-0.1, -0.05) is 23.7 Å². The minimum absolute atomic E-state index is 0.434. The van der Waals surface area contributed by atoms with E-state index < -0.39 is 0 Å². The van der Waals surface area contributed by atoms with Gasteiger partial charge in [-0.2, -0.15) is 0 Å². The second-order valence-electron chi connectivity index (χ2n) is 3.81. The zero-order chi connectivity index (χ0) is 12.3. The topological polar surface area (TPSA) is 3.24 Å². The number of nitrogens with zero attached hydrogens (tertiary/aromatic N) is 1. The van der Waals surface area contributed by atoms with Gasteiger partial charge < -0.3 is 4.90 Å². The molecule has 90 valence electrons. The lowest BCUT2D eigenvalue weighted by atomic mass is 10.2. The molecule has 0 aliphatic carbocycles. The Morgan fingerprint density at radius 2 is 2.06 bits per heavy atom. The summed E-state index contributed by atoms with van der Waals surface area (Å²) < 4.78 is 0. The lowest BCUT2D eigenvalue weighted by Gasteiger charge is -2.21. The van der Waals surface area contributed by atoms with E-state index in [-0.39, 0.29) is 0 Å². The SMILES string of the molecule is CN(Cc1cccs1)c1cccc(Cl)c1CCl. The Hall–Kier alpha value is -0.700. The van der Waals surface area contributed by atoms with Crippen LogP contribution in [0.2, 0.25) is 5.02 Å². The molecule has 1 aromatic heterocycles. The van der Waals surface area contributed by atoms with Crippen molar-refractivity contribution < 1.29 is 0 Å². The third-order valence-electron chi connectivity index (χ3n) is 2.61. The van der Waals surface area contributed by atoms with Crippen molar-refractivity contribution in [2.24, 2.45) is 0 Å². The summed E-state index contributed by atoms with van der Waals surface area (Å²) in [5.41, 5.74) is 2.09. The van der Waals surface area contributed by atoms with E-state index in [1.807, 2.05) is 12.1 Å². The van der Waals surface area contributed by atoms with E-state index in [9.17, 15) is 0 Å². The van der Waals surface area contributed by atoms with Crippen molar-refractivity contribution in [2.75, 3.05) is 11.9 Å². The highest BCUT2D eigenvalue weighted by Gasteiger charge is 2.10. The monoisotopic (exact) mass is 285 g/mol. The molecule has 0 atom stereocenters. The summed E-state index contributed by atoms with van der Waals surface area (Å²) in [4.78, 5) is 3.50. The Balaban J connectivity index is 2.24. The predicted octanol–water partition coefficient (Wildman–Crippen LogP) is 4.78. The lowest BCUT2D eigenvalue weighted by molar-refractivity contribution is 0.932. The van der Waals surface area contributed by atoms with Gasteiger partial charge in [0.1, 0.15) is 0 Å². The fourth-order valence-corrected chi connectivity index (χ4v) is 3.10. The van der Waals surface area contributed by atoms with Crippen molar-refractivity contribution in [3.8, 4) is 0 Å². The molecule has 0 N–H and O–H groups in total. The second-order valence-corrected chi connectivity index (χ2v) is 5.51. The summed E-state index contributed by atoms with van der Waals surface area (Å²) in [7, 11) is 2.06. The molecule has 0 aliphatic heterocycles. The summed E-state index contributed by atoms with van der Waals surface area (Å²) in [6.45, 7) is 0.877. The number of thiophene rings is 1. The fourth-order valence-electron chi connectivity index (χ4n) is 1.76. The molecule has 0 bridgehead atoms. The number of halogens is 2. The van der Waals surface area contributed by atoms with Gasteiger partial charge in [0.25, 0.3) is 0 Å². The van der Waals surface area contributed by atoms with Crippen LogP contribution in [0.15, 0.2) is 35.7 Å². The maximum absolute atomic E-state index is 6.15. The van der Waals surface area contributed by atoms with Crippen molar-refractivity contribution in [2.45, 2.75) is 12.4 Å². The van der Waals surface area contributed by atoms with Crippen LogP contribution >= 0.6 is 34.5 Å². The van der Waals surface area contributed by atoms with E-state index in [0.717, 1.165) is 22.8 Å². The van der Waals surface area contributed by atoms with E-state index in [1.165, 1.54) is 4.88 Å². The van der Waals surface area contributed by atoms with Crippen LogP contribution in [-0.2, 0) is 12.4 Å². The fraction of sp³-hybridized carbons (Fsp3) is 0.231. The molecule has 0 aliphatic rings. The third-order valence-corrected chi connectivity index (χ3v) is 4.09. The number of hydrogen-bond acceptors (Lipinski definition) is 2. The molecule has 2 aromatic rings. The first-order valence-corrected chi connectivity index (χ1v) is 7.08. The van der Waals surface area contributed by atoms with Crippen LogP contribution in [0.4, 0.5) is 5.69 Å². The van der Waals surface area contributed by atoms with Crippen LogP contribution in [0.3, 0.4) is 0 Å². The van der Waals surface area contributed by atoms with Gasteiger partial charge in [0.2, 0.25) is 0 Å². The largest absolute Gasteiger partial charge is 0.369 e. The van der Waals surface area contributed by atoms with Crippen molar-refractivity contribution in [3.63, 3.8) is 0 Å². The van der Waals surface area contributed by atoms with Crippen LogP contribution in [0.25, 0.3) is 0 Å². The number of alkyl halides is 1. The minimum atomic E-state index is 0.434. The second kappa shape index (κ2) is 5.76. The van der Waals surface area contributed by atoms with Crippen LogP contribution in [0.1, 0.15) is 10.4 Å². The first kappa shape index (κ1) is 12.7. The summed E-state index contributed by atoms with van der Waals surface area (Å²) >= 11 is 13.9. The molecule has 0 radical (unpaired) electrons. The van der Waals surface area contributed by atoms with Crippen LogP contribution in [0.5, 0.6) is 0 Å². The normalized spacial score (nSPS) is 10.5. The van der Waals surface area contributed by atoms with Gasteiger partial charge in [0.05, 0.1) is 12.4 Å². The highest BCUT2D eigenvalue weighted by molar-refractivity contribution is 7.09. The van der Waals surface area contributed by atoms with E-state index in [2.05, 4.69) is 35.5 Å². The molecular weight excluding hydrogens is 273 g/mol. The molecule has 0 saturated carbocycles. The van der Waals surface area contributed by atoms with Crippen molar-refractivity contribution >= 4 is 40.2 Å². The highest BCUT2D eigenvalue weighted by Crippen LogP contribution is 2.29. The summed E-state index contributed by atoms with van der Waals surface area (Å²) in [6, 6.07) is 10.1. The smallest absolute Gasteiger partial charge is 0.0519 e. The van der Waals surface area contributed by atoms with Gasteiger partial charge in [-0.05, 0) is 23.6 Å². The summed E-state index contributed by atoms with van der Waals surface area (Å²) in [6.07, 6.45) is 0. The molecule has 4 heteroatoms. The van der Waals surface area contributed by atoms with Crippen LogP contribution in [0, 0.1) is 0 Å². The van der Waals surface area contributed by atoms with E-state index >= 15 is 0 Å². The van der Waals surface area contributed by atoms with Gasteiger partial charge in [-0.15, -0.1) is 22.9 Å². The van der Waals surface area contributed by atoms with Gasteiger partial charge >= 0.3 is 0 Å². The zero-order valence-corrected chi connectivity index (χ0v) is 11.8. The van der Waals surface area contributed by atoms with Crippen molar-refractivity contribution in [1.29, 1.82) is 0 Å². The summed E-state index contributed by atoms with van der Waals surface area (Å²) in [5, 5.41) is 2.82. The Kier molecular flexibility index (Phi) is 4.32. The quantitative estimate of drug-likeness (QED) is 0.731. The minimum Gasteiger partial charge on any atom is -0.369 e. The molecule has 0 saturated heterocycles. The number of hydrogen-bond donors (Lipinski definition) is 0. The molecule has 2 rings (SSSR count). The van der Waals surface area contributed by atoms with Crippen molar-refractivity contribution in [3.05, 3.63) is 51.2 Å². The van der Waals surface area contributed by atoms with Crippen LogP contribution < -0.4 is 4.90 Å². The molecule has 0 fully saturated rings. The average Bonchev–Trinajstić information content (AvgIpc) is 2.81. The lowest BCUT2D eigenvalue weighted by Crippen LogP contribution is -2.17. The Bertz CT molecular complexity index is 482. The van der Waals surface area contributed by atoms with Crippen LogP contribution in [-0.4, -0.2) is 7.05 Å². The molecule has 0 unspecified atom stereocenters. The number of benzene rings is 1. The van der Waals surface area contributed by atoms with Crippen molar-refractivity contribution in [1.82, 2.24) is 0 Å². The van der Waals surface area contributed by atoms with Gasteiger partial charge in [-0.25, -0.2) is 0 Å². The number of anilines is 1. The standard InChI is InChI=1S/C13H13Cl2NS/c1-16(9-10-4-3-7-17-10)13-6-2-5-12(15)11(13)8-14/h2-7H,8-9H2,1H3. The van der Waals surface area contributed by atoms with E-state index in [4.69, 9.17) is 23.2 Å². The third kappa shape index (κ3) is 2.95. The zero-order valence-electron chi connectivity index (χ0n) is 9.49. The molecule has 0 amide bonds. The first-order valence-electron chi connectivity index (χ1n) is 5.29.